The summed E-state index contributed by atoms with van der Waals surface area (Å²) in [6, 6.07) is 9.05. The topological polar surface area (TPSA) is 59.5 Å². The highest BCUT2D eigenvalue weighted by molar-refractivity contribution is 7.91. The van der Waals surface area contributed by atoms with Crippen LogP contribution in [-0.2, 0) is 14.8 Å². The molecule has 2 aromatic rings. The fourth-order valence-corrected chi connectivity index (χ4v) is 4.86. The molecule has 0 saturated carbocycles. The molecule has 0 N–H and O–H groups in total. The third-order valence-electron chi connectivity index (χ3n) is 3.06. The van der Waals surface area contributed by atoms with Crippen LogP contribution in [0.5, 0.6) is 0 Å². The first-order valence-corrected chi connectivity index (χ1v) is 8.53. The molecule has 106 valence electrons. The van der Waals surface area contributed by atoms with Gasteiger partial charge in [0.05, 0.1) is 23.8 Å². The number of thiophene rings is 1. The number of hydrogen-bond acceptors (Lipinski definition) is 5. The first-order valence-electron chi connectivity index (χ1n) is 6.27. The van der Waals surface area contributed by atoms with Crippen molar-refractivity contribution >= 4 is 21.4 Å². The van der Waals surface area contributed by atoms with Crippen LogP contribution in [0.2, 0.25) is 0 Å². The minimum absolute atomic E-state index is 0.361. The summed E-state index contributed by atoms with van der Waals surface area (Å²) in [7, 11) is -3.41. The summed E-state index contributed by atoms with van der Waals surface area (Å²) in [6.07, 6.45) is 1.70. The highest BCUT2D eigenvalue weighted by atomic mass is 32.2. The number of hydrogen-bond donors (Lipinski definition) is 0. The fourth-order valence-electron chi connectivity index (χ4n) is 2.02. The van der Waals surface area contributed by atoms with Gasteiger partial charge < -0.3 is 4.74 Å². The van der Waals surface area contributed by atoms with Crippen LogP contribution in [0.3, 0.4) is 0 Å². The molecule has 0 aromatic carbocycles. The first kappa shape index (κ1) is 13.7. The highest BCUT2D eigenvalue weighted by Crippen LogP contribution is 2.31. The molecule has 1 aliphatic heterocycles. The summed E-state index contributed by atoms with van der Waals surface area (Å²) < 4.78 is 32.0. The molecule has 1 aliphatic rings. The van der Waals surface area contributed by atoms with E-state index in [0.717, 1.165) is 10.6 Å². The van der Waals surface area contributed by atoms with Gasteiger partial charge in [-0.15, -0.1) is 11.3 Å². The second kappa shape index (κ2) is 5.61. The van der Waals surface area contributed by atoms with Crippen LogP contribution >= 0.6 is 11.3 Å². The molecule has 7 heteroatoms. The van der Waals surface area contributed by atoms with Gasteiger partial charge in [-0.1, -0.05) is 6.07 Å². The molecule has 3 heterocycles. The van der Waals surface area contributed by atoms with Crippen LogP contribution < -0.4 is 0 Å². The Morgan fingerprint density at radius 3 is 2.65 bits per heavy atom. The SMILES string of the molecule is O=S(=O)(c1ccc(-c2ccccn2)s1)N1CCOCC1. The number of nitrogens with zero attached hydrogens (tertiary/aromatic N) is 2. The lowest BCUT2D eigenvalue weighted by molar-refractivity contribution is 0.0731. The van der Waals surface area contributed by atoms with Gasteiger partial charge in [0.1, 0.15) is 4.21 Å². The zero-order valence-electron chi connectivity index (χ0n) is 10.7. The van der Waals surface area contributed by atoms with Crippen molar-refractivity contribution in [3.63, 3.8) is 0 Å². The number of sulfonamides is 1. The number of ether oxygens (including phenoxy) is 1. The first-order chi connectivity index (χ1) is 9.68. The molecule has 0 unspecified atom stereocenters. The number of pyridine rings is 1. The van der Waals surface area contributed by atoms with Crippen molar-refractivity contribution in [2.24, 2.45) is 0 Å². The van der Waals surface area contributed by atoms with Gasteiger partial charge in [0.25, 0.3) is 10.0 Å². The van der Waals surface area contributed by atoms with Gasteiger partial charge in [0.15, 0.2) is 0 Å². The van der Waals surface area contributed by atoms with Gasteiger partial charge in [-0.2, -0.15) is 4.31 Å². The van der Waals surface area contributed by atoms with Gasteiger partial charge in [0.2, 0.25) is 0 Å². The van der Waals surface area contributed by atoms with E-state index in [9.17, 15) is 8.42 Å². The Labute approximate surface area is 121 Å². The summed E-state index contributed by atoms with van der Waals surface area (Å²) in [4.78, 5) is 5.10. The smallest absolute Gasteiger partial charge is 0.252 e. The molecule has 0 aliphatic carbocycles. The number of rotatable bonds is 3. The maximum Gasteiger partial charge on any atom is 0.252 e. The van der Waals surface area contributed by atoms with Crippen molar-refractivity contribution in [1.29, 1.82) is 0 Å². The van der Waals surface area contributed by atoms with Crippen molar-refractivity contribution < 1.29 is 13.2 Å². The van der Waals surface area contributed by atoms with E-state index < -0.39 is 10.0 Å². The van der Waals surface area contributed by atoms with Gasteiger partial charge >= 0.3 is 0 Å². The second-order valence-corrected chi connectivity index (χ2v) is 7.60. The van der Waals surface area contributed by atoms with E-state index in [1.807, 2.05) is 18.2 Å². The minimum atomic E-state index is -3.41. The molecule has 0 radical (unpaired) electrons. The largest absolute Gasteiger partial charge is 0.379 e. The Morgan fingerprint density at radius 1 is 1.15 bits per heavy atom. The van der Waals surface area contributed by atoms with Crippen molar-refractivity contribution in [2.75, 3.05) is 26.3 Å². The van der Waals surface area contributed by atoms with E-state index in [1.165, 1.54) is 15.6 Å². The average Bonchev–Trinajstić information content (AvgIpc) is 3.00. The van der Waals surface area contributed by atoms with Gasteiger partial charge in [-0.3, -0.25) is 4.98 Å². The fraction of sp³-hybridized carbons (Fsp3) is 0.308. The number of aromatic nitrogens is 1. The molecule has 5 nitrogen and oxygen atoms in total. The number of morpholine rings is 1. The maximum atomic E-state index is 12.5. The van der Waals surface area contributed by atoms with E-state index in [1.54, 1.807) is 18.3 Å². The Morgan fingerprint density at radius 2 is 1.95 bits per heavy atom. The molecule has 20 heavy (non-hydrogen) atoms. The van der Waals surface area contributed by atoms with Crippen LogP contribution in [0.25, 0.3) is 10.6 Å². The van der Waals surface area contributed by atoms with Crippen molar-refractivity contribution in [2.45, 2.75) is 4.21 Å². The Kier molecular flexibility index (Phi) is 3.84. The molecule has 0 amide bonds. The Hall–Kier alpha value is -1.28. The quantitative estimate of drug-likeness (QED) is 0.868. The van der Waals surface area contributed by atoms with Crippen molar-refractivity contribution in [1.82, 2.24) is 9.29 Å². The standard InChI is InChI=1S/C13H14N2O3S2/c16-20(17,15-7-9-18-10-8-15)13-5-4-12(19-13)11-3-1-2-6-14-11/h1-6H,7-10H2. The molecule has 0 atom stereocenters. The van der Waals surface area contributed by atoms with Crippen molar-refractivity contribution in [3.05, 3.63) is 36.5 Å². The molecule has 3 rings (SSSR count). The van der Waals surface area contributed by atoms with Crippen LogP contribution in [0, 0.1) is 0 Å². The summed E-state index contributed by atoms with van der Waals surface area (Å²) >= 11 is 1.25. The Balaban J connectivity index is 1.89. The maximum absolute atomic E-state index is 12.5. The average molecular weight is 310 g/mol. The molecule has 0 bridgehead atoms. The zero-order chi connectivity index (χ0) is 14.0. The predicted octanol–water partition coefficient (Wildman–Crippen LogP) is 1.83. The monoisotopic (exact) mass is 310 g/mol. The molecular formula is C13H14N2O3S2. The van der Waals surface area contributed by atoms with E-state index in [-0.39, 0.29) is 0 Å². The lowest BCUT2D eigenvalue weighted by Crippen LogP contribution is -2.40. The molecule has 2 aromatic heterocycles. The van der Waals surface area contributed by atoms with Crippen LogP contribution in [0.4, 0.5) is 0 Å². The molecule has 1 saturated heterocycles. The van der Waals surface area contributed by atoms with E-state index >= 15 is 0 Å². The van der Waals surface area contributed by atoms with Gasteiger partial charge in [-0.25, -0.2) is 8.42 Å². The normalized spacial score (nSPS) is 17.2. The predicted molar refractivity (Wildman–Crippen MR) is 77.1 cm³/mol. The minimum Gasteiger partial charge on any atom is -0.379 e. The third kappa shape index (κ3) is 2.62. The second-order valence-electron chi connectivity index (χ2n) is 4.35. The summed E-state index contributed by atoms with van der Waals surface area (Å²) in [5, 5.41) is 0. The molecule has 0 spiro atoms. The third-order valence-corrected chi connectivity index (χ3v) is 6.54. The van der Waals surface area contributed by atoms with Crippen LogP contribution in [-0.4, -0.2) is 44.0 Å². The summed E-state index contributed by atoms with van der Waals surface area (Å²) in [6.45, 7) is 1.74. The summed E-state index contributed by atoms with van der Waals surface area (Å²) in [5.74, 6) is 0. The Bertz CT molecular complexity index is 677. The molecule has 1 fully saturated rings. The van der Waals surface area contributed by atoms with Crippen LogP contribution in [0.15, 0.2) is 40.7 Å². The van der Waals surface area contributed by atoms with Crippen LogP contribution in [0.1, 0.15) is 0 Å². The molecular weight excluding hydrogens is 296 g/mol. The van der Waals surface area contributed by atoms with E-state index in [2.05, 4.69) is 4.98 Å². The zero-order valence-corrected chi connectivity index (χ0v) is 12.4. The van der Waals surface area contributed by atoms with Gasteiger partial charge in [-0.05, 0) is 24.3 Å². The van der Waals surface area contributed by atoms with Crippen molar-refractivity contribution in [3.8, 4) is 10.6 Å². The summed E-state index contributed by atoms with van der Waals surface area (Å²) in [5.41, 5.74) is 0.793. The lowest BCUT2D eigenvalue weighted by Gasteiger charge is -2.25. The van der Waals surface area contributed by atoms with E-state index in [4.69, 9.17) is 4.74 Å². The van der Waals surface area contributed by atoms with Gasteiger partial charge in [0, 0.05) is 19.3 Å². The lowest BCUT2D eigenvalue weighted by atomic mass is 10.3. The highest BCUT2D eigenvalue weighted by Gasteiger charge is 2.27. The van der Waals surface area contributed by atoms with E-state index in [0.29, 0.717) is 30.5 Å².